The largest absolute Gasteiger partial charge is 0.492 e. The number of nitro benzene ring substituents is 1. The van der Waals surface area contributed by atoms with Crippen molar-refractivity contribution in [3.8, 4) is 5.75 Å². The number of fused-ring (bicyclic) bond motifs is 1. The lowest BCUT2D eigenvalue weighted by atomic mass is 9.86. The number of nitrogens with one attached hydrogen (secondary N) is 2. The summed E-state index contributed by atoms with van der Waals surface area (Å²) < 4.78 is 33.4. The van der Waals surface area contributed by atoms with Crippen molar-refractivity contribution in [2.75, 3.05) is 23.4 Å². The van der Waals surface area contributed by atoms with Crippen LogP contribution >= 0.6 is 0 Å². The topological polar surface area (TPSA) is 133 Å². The predicted molar refractivity (Wildman–Crippen MR) is 132 cm³/mol. The number of non-ortho nitro benzene ring substituents is 1. The van der Waals surface area contributed by atoms with Crippen LogP contribution in [-0.2, 0) is 22.0 Å². The predicted octanol–water partition coefficient (Wildman–Crippen LogP) is 4.50. The van der Waals surface area contributed by atoms with E-state index in [0.717, 1.165) is 11.8 Å². The summed E-state index contributed by atoms with van der Waals surface area (Å²) in [6.07, 6.45) is 1.03. The minimum Gasteiger partial charge on any atom is -0.492 e. The Labute approximate surface area is 198 Å². The van der Waals surface area contributed by atoms with E-state index in [4.69, 9.17) is 4.74 Å². The Bertz CT molecular complexity index is 1390. The molecule has 0 atom stereocenters. The van der Waals surface area contributed by atoms with Gasteiger partial charge in [0.05, 0.1) is 29.7 Å². The van der Waals surface area contributed by atoms with E-state index in [0.29, 0.717) is 17.4 Å². The van der Waals surface area contributed by atoms with Crippen molar-refractivity contribution in [1.82, 2.24) is 4.57 Å². The summed E-state index contributed by atoms with van der Waals surface area (Å²) >= 11 is 0. The normalized spacial score (nSPS) is 11.9. The summed E-state index contributed by atoms with van der Waals surface area (Å²) in [6.45, 7) is 8.00. The molecule has 0 spiro atoms. The van der Waals surface area contributed by atoms with Crippen molar-refractivity contribution < 1.29 is 22.9 Å². The minimum absolute atomic E-state index is 0.0923. The van der Waals surface area contributed by atoms with Crippen LogP contribution in [0.1, 0.15) is 43.7 Å². The van der Waals surface area contributed by atoms with Crippen molar-refractivity contribution >= 4 is 43.9 Å². The van der Waals surface area contributed by atoms with Gasteiger partial charge in [0.2, 0.25) is 10.0 Å². The van der Waals surface area contributed by atoms with E-state index >= 15 is 0 Å². The third-order valence-electron chi connectivity index (χ3n) is 5.35. The van der Waals surface area contributed by atoms with Gasteiger partial charge in [-0.1, -0.05) is 32.9 Å². The van der Waals surface area contributed by atoms with Gasteiger partial charge in [-0.05, 0) is 36.1 Å². The summed E-state index contributed by atoms with van der Waals surface area (Å²) in [7, 11) is -2.24. The molecule has 0 saturated heterocycles. The molecule has 3 aromatic rings. The molecule has 182 valence electrons. The van der Waals surface area contributed by atoms with Crippen LogP contribution in [0.25, 0.3) is 10.9 Å². The van der Waals surface area contributed by atoms with Crippen LogP contribution in [0.2, 0.25) is 0 Å². The van der Waals surface area contributed by atoms with Gasteiger partial charge in [0.25, 0.3) is 11.6 Å². The number of rotatable bonds is 7. The molecule has 0 aliphatic rings. The number of hydrogen-bond acceptors (Lipinski definition) is 6. The highest BCUT2D eigenvalue weighted by Gasteiger charge is 2.25. The Hall–Kier alpha value is -3.60. The molecule has 1 heterocycles. The third-order valence-corrected chi connectivity index (χ3v) is 5.94. The fourth-order valence-corrected chi connectivity index (χ4v) is 4.36. The van der Waals surface area contributed by atoms with Crippen LogP contribution in [0, 0.1) is 10.1 Å². The molecule has 2 aromatic carbocycles. The third kappa shape index (κ3) is 4.98. The number of aromatic nitrogens is 1. The minimum atomic E-state index is -3.62. The molecule has 0 aliphatic heterocycles. The molecule has 11 heteroatoms. The summed E-state index contributed by atoms with van der Waals surface area (Å²) in [5, 5.41) is 14.9. The zero-order valence-electron chi connectivity index (χ0n) is 19.9. The summed E-state index contributed by atoms with van der Waals surface area (Å²) in [5.74, 6) is -0.362. The number of para-hydroxylation sites is 1. The van der Waals surface area contributed by atoms with Crippen LogP contribution in [0.5, 0.6) is 5.75 Å². The summed E-state index contributed by atoms with van der Waals surface area (Å²) in [6, 6.07) is 9.67. The van der Waals surface area contributed by atoms with Gasteiger partial charge >= 0.3 is 0 Å². The van der Waals surface area contributed by atoms with Gasteiger partial charge in [0.15, 0.2) is 5.75 Å². The molecular weight excluding hydrogens is 460 g/mol. The smallest absolute Gasteiger partial charge is 0.293 e. The van der Waals surface area contributed by atoms with Crippen LogP contribution < -0.4 is 14.8 Å². The molecule has 3 rings (SSSR count). The highest BCUT2D eigenvalue weighted by molar-refractivity contribution is 7.92. The van der Waals surface area contributed by atoms with E-state index < -0.39 is 20.9 Å². The van der Waals surface area contributed by atoms with Crippen molar-refractivity contribution in [3.05, 3.63) is 57.8 Å². The number of amides is 1. The summed E-state index contributed by atoms with van der Waals surface area (Å²) in [4.78, 5) is 24.4. The molecule has 1 amide bonds. The molecule has 0 aliphatic carbocycles. The summed E-state index contributed by atoms with van der Waals surface area (Å²) in [5.41, 5.74) is 1.36. The second-order valence-corrected chi connectivity index (χ2v) is 10.7. The Kier molecular flexibility index (Phi) is 6.61. The number of carbonyl (C=O) groups is 1. The van der Waals surface area contributed by atoms with Crippen LogP contribution in [-0.4, -0.2) is 37.2 Å². The first kappa shape index (κ1) is 25.0. The molecule has 10 nitrogen and oxygen atoms in total. The highest BCUT2D eigenvalue weighted by atomic mass is 32.2. The van der Waals surface area contributed by atoms with Crippen molar-refractivity contribution in [2.45, 2.75) is 39.7 Å². The van der Waals surface area contributed by atoms with Crippen molar-refractivity contribution in [2.24, 2.45) is 0 Å². The lowest BCUT2D eigenvalue weighted by molar-refractivity contribution is -0.383. The molecule has 0 saturated carbocycles. The van der Waals surface area contributed by atoms with Crippen LogP contribution in [0.4, 0.5) is 17.1 Å². The number of nitrogens with zero attached hydrogens (tertiary/aromatic N) is 2. The second-order valence-electron chi connectivity index (χ2n) is 8.93. The maximum atomic E-state index is 13.4. The highest BCUT2D eigenvalue weighted by Crippen LogP contribution is 2.39. The van der Waals surface area contributed by atoms with Crippen LogP contribution in [0.15, 0.2) is 36.4 Å². The number of hydrogen-bond donors (Lipinski definition) is 2. The Morgan fingerprint density at radius 3 is 2.35 bits per heavy atom. The molecule has 0 bridgehead atoms. The first-order valence-electron chi connectivity index (χ1n) is 10.5. The van der Waals surface area contributed by atoms with E-state index in [-0.39, 0.29) is 33.9 Å². The number of anilines is 2. The van der Waals surface area contributed by atoms with Crippen LogP contribution in [0.3, 0.4) is 0 Å². The molecular formula is C23H28N4O6S. The van der Waals surface area contributed by atoms with Gasteiger partial charge in [-0.15, -0.1) is 0 Å². The monoisotopic (exact) mass is 488 g/mol. The van der Waals surface area contributed by atoms with E-state index in [9.17, 15) is 23.3 Å². The van der Waals surface area contributed by atoms with Crippen molar-refractivity contribution in [3.63, 3.8) is 0 Å². The Morgan fingerprint density at radius 2 is 1.82 bits per heavy atom. The molecule has 0 unspecified atom stereocenters. The van der Waals surface area contributed by atoms with E-state index in [1.165, 1.54) is 13.2 Å². The van der Waals surface area contributed by atoms with Gasteiger partial charge in [-0.2, -0.15) is 0 Å². The van der Waals surface area contributed by atoms with Crippen molar-refractivity contribution in [1.29, 1.82) is 0 Å². The first-order chi connectivity index (χ1) is 15.8. The van der Waals surface area contributed by atoms with E-state index in [1.807, 2.05) is 20.8 Å². The second kappa shape index (κ2) is 8.98. The number of ether oxygens (including phenoxy) is 1. The molecule has 1 aromatic heterocycles. The Morgan fingerprint density at radius 1 is 1.18 bits per heavy atom. The quantitative estimate of drug-likeness (QED) is 0.372. The standard InChI is InChI=1S/C23H28N4O6S/c1-7-26-19(11-14-9-8-10-18(20(14)26)27(29)30)22(28)24-16-12-15(23(2,3)4)13-17(21(16)33-5)25-34(6,31)32/h8-13,25H,7H2,1-6H3,(H,24,28). The fourth-order valence-electron chi connectivity index (χ4n) is 3.81. The van der Waals surface area contributed by atoms with Gasteiger partial charge in [0.1, 0.15) is 11.2 Å². The maximum Gasteiger partial charge on any atom is 0.293 e. The lowest BCUT2D eigenvalue weighted by Gasteiger charge is -2.24. The van der Waals surface area contributed by atoms with E-state index in [2.05, 4.69) is 10.0 Å². The molecule has 0 fully saturated rings. The maximum absolute atomic E-state index is 13.4. The molecule has 2 N–H and O–H groups in total. The van der Waals surface area contributed by atoms with Gasteiger partial charge in [0, 0.05) is 18.0 Å². The SMILES string of the molecule is CCn1c(C(=O)Nc2cc(C(C)(C)C)cc(NS(C)(=O)=O)c2OC)cc2cccc([N+](=O)[O-])c21. The van der Waals surface area contributed by atoms with Gasteiger partial charge in [-0.3, -0.25) is 19.6 Å². The lowest BCUT2D eigenvalue weighted by Crippen LogP contribution is -2.20. The fraction of sp³-hybridized carbons (Fsp3) is 0.348. The van der Waals surface area contributed by atoms with Gasteiger partial charge < -0.3 is 14.6 Å². The first-order valence-corrected chi connectivity index (χ1v) is 12.4. The number of methoxy groups -OCH3 is 1. The number of benzene rings is 2. The number of sulfonamides is 1. The van der Waals surface area contributed by atoms with Gasteiger partial charge in [-0.25, -0.2) is 8.42 Å². The number of nitro groups is 1. The number of carbonyl (C=O) groups excluding carboxylic acids is 1. The number of aryl methyl sites for hydroxylation is 1. The molecule has 0 radical (unpaired) electrons. The van der Waals surface area contributed by atoms with E-state index in [1.54, 1.807) is 41.8 Å². The average molecular weight is 489 g/mol. The Balaban J connectivity index is 2.16. The average Bonchev–Trinajstić information content (AvgIpc) is 3.10. The zero-order valence-corrected chi connectivity index (χ0v) is 20.7. The molecule has 34 heavy (non-hydrogen) atoms. The zero-order chi connectivity index (χ0) is 25.4.